The summed E-state index contributed by atoms with van der Waals surface area (Å²) in [7, 11) is -3.74. The van der Waals surface area contributed by atoms with Crippen LogP contribution in [-0.4, -0.2) is 44.2 Å². The SMILES string of the molecule is CC(C)CCOCCNS(=O)(=O)c1ccc(C(=O)O)cn1. The summed E-state index contributed by atoms with van der Waals surface area (Å²) in [6.07, 6.45) is 1.93. The molecule has 1 heterocycles. The normalized spacial score (nSPS) is 11.8. The quantitative estimate of drug-likeness (QED) is 0.661. The van der Waals surface area contributed by atoms with Crippen LogP contribution in [0, 0.1) is 5.92 Å². The molecule has 0 fully saturated rings. The standard InChI is InChI=1S/C13H20N2O5S/c1-10(2)5-7-20-8-6-15-21(18,19)12-4-3-11(9-14-12)13(16)17/h3-4,9-10,15H,5-8H2,1-2H3,(H,16,17). The van der Waals surface area contributed by atoms with Crippen molar-refractivity contribution in [3.63, 3.8) is 0 Å². The minimum absolute atomic E-state index is 0.0639. The van der Waals surface area contributed by atoms with E-state index in [9.17, 15) is 13.2 Å². The Morgan fingerprint density at radius 1 is 1.38 bits per heavy atom. The molecular formula is C13H20N2O5S. The third-order valence-electron chi connectivity index (χ3n) is 2.64. The van der Waals surface area contributed by atoms with Gasteiger partial charge in [0.15, 0.2) is 5.03 Å². The summed E-state index contributed by atoms with van der Waals surface area (Å²) >= 11 is 0. The maximum absolute atomic E-state index is 11.9. The summed E-state index contributed by atoms with van der Waals surface area (Å²) in [5.41, 5.74) is -0.0639. The zero-order valence-corrected chi connectivity index (χ0v) is 12.9. The van der Waals surface area contributed by atoms with Crippen LogP contribution in [0.25, 0.3) is 0 Å². The fourth-order valence-electron chi connectivity index (χ4n) is 1.41. The highest BCUT2D eigenvalue weighted by atomic mass is 32.2. The van der Waals surface area contributed by atoms with Crippen LogP contribution in [0.1, 0.15) is 30.6 Å². The molecule has 0 saturated heterocycles. The summed E-state index contributed by atoms with van der Waals surface area (Å²) in [6, 6.07) is 2.36. The Kier molecular flexibility index (Phi) is 6.73. The highest BCUT2D eigenvalue weighted by Crippen LogP contribution is 2.06. The van der Waals surface area contributed by atoms with Gasteiger partial charge in [0.1, 0.15) is 0 Å². The zero-order valence-electron chi connectivity index (χ0n) is 12.1. The molecule has 0 aliphatic heterocycles. The van der Waals surface area contributed by atoms with Gasteiger partial charge in [0.2, 0.25) is 0 Å². The number of sulfonamides is 1. The Balaban J connectivity index is 2.44. The van der Waals surface area contributed by atoms with Gasteiger partial charge >= 0.3 is 5.97 Å². The lowest BCUT2D eigenvalue weighted by Crippen LogP contribution is -2.28. The second-order valence-electron chi connectivity index (χ2n) is 4.88. The molecule has 0 saturated carbocycles. The first kappa shape index (κ1) is 17.5. The van der Waals surface area contributed by atoms with Gasteiger partial charge in [-0.05, 0) is 24.5 Å². The van der Waals surface area contributed by atoms with Gasteiger partial charge in [-0.15, -0.1) is 0 Å². The number of nitrogens with zero attached hydrogens (tertiary/aromatic N) is 1. The van der Waals surface area contributed by atoms with Crippen molar-refractivity contribution in [3.8, 4) is 0 Å². The number of rotatable bonds is 9. The van der Waals surface area contributed by atoms with Crippen LogP contribution in [0.3, 0.4) is 0 Å². The van der Waals surface area contributed by atoms with Gasteiger partial charge in [-0.1, -0.05) is 13.8 Å². The van der Waals surface area contributed by atoms with Crippen molar-refractivity contribution in [1.29, 1.82) is 0 Å². The Hall–Kier alpha value is -1.51. The number of pyridine rings is 1. The monoisotopic (exact) mass is 316 g/mol. The fourth-order valence-corrected chi connectivity index (χ4v) is 2.35. The van der Waals surface area contributed by atoms with Gasteiger partial charge in [-0.3, -0.25) is 0 Å². The van der Waals surface area contributed by atoms with E-state index in [0.29, 0.717) is 12.5 Å². The molecule has 0 radical (unpaired) electrons. The Morgan fingerprint density at radius 3 is 2.62 bits per heavy atom. The topological polar surface area (TPSA) is 106 Å². The van der Waals surface area contributed by atoms with Crippen molar-refractivity contribution in [2.24, 2.45) is 5.92 Å². The molecule has 21 heavy (non-hydrogen) atoms. The van der Waals surface area contributed by atoms with E-state index in [1.54, 1.807) is 0 Å². The first-order valence-corrected chi connectivity index (χ1v) is 8.08. The summed E-state index contributed by atoms with van der Waals surface area (Å²) in [5.74, 6) is -0.614. The summed E-state index contributed by atoms with van der Waals surface area (Å²) in [5, 5.41) is 8.51. The number of hydrogen-bond acceptors (Lipinski definition) is 5. The van der Waals surface area contributed by atoms with Gasteiger partial charge in [-0.2, -0.15) is 0 Å². The van der Waals surface area contributed by atoms with Crippen LogP contribution in [0.15, 0.2) is 23.4 Å². The second kappa shape index (κ2) is 8.06. The van der Waals surface area contributed by atoms with E-state index in [0.717, 1.165) is 18.7 Å². The largest absolute Gasteiger partial charge is 0.478 e. The third-order valence-corrected chi connectivity index (χ3v) is 4.01. The highest BCUT2D eigenvalue weighted by molar-refractivity contribution is 7.89. The molecule has 0 aromatic carbocycles. The van der Waals surface area contributed by atoms with Crippen molar-refractivity contribution in [1.82, 2.24) is 9.71 Å². The van der Waals surface area contributed by atoms with Crippen molar-refractivity contribution in [2.75, 3.05) is 19.8 Å². The maximum Gasteiger partial charge on any atom is 0.337 e. The van der Waals surface area contributed by atoms with Gasteiger partial charge in [0.05, 0.1) is 12.2 Å². The van der Waals surface area contributed by atoms with Crippen LogP contribution in [-0.2, 0) is 14.8 Å². The van der Waals surface area contributed by atoms with Crippen LogP contribution < -0.4 is 4.72 Å². The summed E-state index contributed by atoms with van der Waals surface area (Å²) in [4.78, 5) is 14.3. The van der Waals surface area contributed by atoms with Gasteiger partial charge in [0.25, 0.3) is 10.0 Å². The second-order valence-corrected chi connectivity index (χ2v) is 6.60. The first-order valence-electron chi connectivity index (χ1n) is 6.59. The molecular weight excluding hydrogens is 296 g/mol. The van der Waals surface area contributed by atoms with E-state index in [1.165, 1.54) is 6.07 Å². The Bertz CT molecular complexity index is 554. The van der Waals surface area contributed by atoms with Crippen LogP contribution >= 0.6 is 0 Å². The molecule has 2 N–H and O–H groups in total. The zero-order chi connectivity index (χ0) is 15.9. The Labute approximate surface area is 124 Å². The molecule has 1 rings (SSSR count). The number of ether oxygens (including phenoxy) is 1. The van der Waals surface area contributed by atoms with E-state index < -0.39 is 16.0 Å². The number of carbonyl (C=O) groups is 1. The minimum atomic E-state index is -3.74. The third kappa shape index (κ3) is 6.19. The van der Waals surface area contributed by atoms with E-state index >= 15 is 0 Å². The van der Waals surface area contributed by atoms with Crippen LogP contribution in [0.4, 0.5) is 0 Å². The van der Waals surface area contributed by atoms with Crippen LogP contribution in [0.2, 0.25) is 0 Å². The lowest BCUT2D eigenvalue weighted by molar-refractivity contribution is 0.0696. The predicted octanol–water partition coefficient (Wildman–Crippen LogP) is 1.12. The maximum atomic E-state index is 11.9. The number of aromatic carboxylic acids is 1. The van der Waals surface area contributed by atoms with Crippen molar-refractivity contribution in [3.05, 3.63) is 23.9 Å². The van der Waals surface area contributed by atoms with Gasteiger partial charge < -0.3 is 9.84 Å². The predicted molar refractivity (Wildman–Crippen MR) is 76.7 cm³/mol. The average Bonchev–Trinajstić information content (AvgIpc) is 2.42. The molecule has 0 atom stereocenters. The molecule has 8 heteroatoms. The van der Waals surface area contributed by atoms with E-state index in [4.69, 9.17) is 9.84 Å². The molecule has 0 aliphatic rings. The van der Waals surface area contributed by atoms with Crippen molar-refractivity contribution < 1.29 is 23.1 Å². The number of nitrogens with one attached hydrogen (secondary N) is 1. The molecule has 0 bridgehead atoms. The molecule has 1 aromatic rings. The van der Waals surface area contributed by atoms with E-state index in [2.05, 4.69) is 23.6 Å². The molecule has 118 valence electrons. The summed E-state index contributed by atoms with van der Waals surface area (Å²) in [6.45, 7) is 5.17. The van der Waals surface area contributed by atoms with E-state index in [-0.39, 0.29) is 23.7 Å². The lowest BCUT2D eigenvalue weighted by atomic mass is 10.1. The molecule has 1 aromatic heterocycles. The van der Waals surface area contributed by atoms with Gasteiger partial charge in [-0.25, -0.2) is 22.9 Å². The molecule has 0 aliphatic carbocycles. The number of carboxylic acid groups (broad SMARTS) is 1. The fraction of sp³-hybridized carbons (Fsp3) is 0.538. The van der Waals surface area contributed by atoms with Crippen molar-refractivity contribution >= 4 is 16.0 Å². The molecule has 0 spiro atoms. The van der Waals surface area contributed by atoms with E-state index in [1.807, 2.05) is 0 Å². The minimum Gasteiger partial charge on any atom is -0.478 e. The molecule has 7 nitrogen and oxygen atoms in total. The van der Waals surface area contributed by atoms with Crippen molar-refractivity contribution in [2.45, 2.75) is 25.3 Å². The Morgan fingerprint density at radius 2 is 2.10 bits per heavy atom. The highest BCUT2D eigenvalue weighted by Gasteiger charge is 2.15. The van der Waals surface area contributed by atoms with Gasteiger partial charge in [0, 0.05) is 19.3 Å². The number of hydrogen-bond donors (Lipinski definition) is 2. The number of carboxylic acids is 1. The average molecular weight is 316 g/mol. The smallest absolute Gasteiger partial charge is 0.337 e. The molecule has 0 unspecified atom stereocenters. The lowest BCUT2D eigenvalue weighted by Gasteiger charge is -2.08. The van der Waals surface area contributed by atoms with Crippen LogP contribution in [0.5, 0.6) is 0 Å². The molecule has 0 amide bonds. The summed E-state index contributed by atoms with van der Waals surface area (Å²) < 4.78 is 31.4. The number of aromatic nitrogens is 1. The first-order chi connectivity index (χ1) is 9.83.